The maximum absolute atomic E-state index is 13.9. The van der Waals surface area contributed by atoms with Crippen LogP contribution in [0.25, 0.3) is 0 Å². The fourth-order valence-electron chi connectivity index (χ4n) is 2.05. The van der Waals surface area contributed by atoms with Gasteiger partial charge in [0.2, 0.25) is 0 Å². The van der Waals surface area contributed by atoms with E-state index in [1.54, 1.807) is 6.92 Å². The Labute approximate surface area is 102 Å². The van der Waals surface area contributed by atoms with Gasteiger partial charge in [-0.05, 0) is 6.92 Å². The standard InChI is InChI=1S/C11H14FN3O3/c1-5-3-15(11(18)14-10(5)13)7-2-8(17)6(4-16)9(7)12/h3,7-8,16-17H,2,4H2,1H3,(H2,13,14,18). The highest BCUT2D eigenvalue weighted by Gasteiger charge is 2.34. The minimum atomic E-state index is -1.08. The molecule has 2 rings (SSSR count). The van der Waals surface area contributed by atoms with Crippen LogP contribution in [0.1, 0.15) is 18.0 Å². The molecule has 1 aliphatic rings. The Balaban J connectivity index is 2.49. The molecule has 2 unspecified atom stereocenters. The maximum atomic E-state index is 13.9. The van der Waals surface area contributed by atoms with Gasteiger partial charge in [0.25, 0.3) is 0 Å². The summed E-state index contributed by atoms with van der Waals surface area (Å²) in [4.78, 5) is 15.2. The largest absolute Gasteiger partial charge is 0.392 e. The van der Waals surface area contributed by atoms with E-state index in [0.29, 0.717) is 5.56 Å². The van der Waals surface area contributed by atoms with Gasteiger partial charge in [0.1, 0.15) is 11.6 Å². The predicted molar refractivity (Wildman–Crippen MR) is 62.5 cm³/mol. The number of allylic oxidation sites excluding steroid dienone is 1. The number of nitrogens with zero attached hydrogens (tertiary/aromatic N) is 2. The van der Waals surface area contributed by atoms with Crippen LogP contribution in [0.15, 0.2) is 22.4 Å². The Hall–Kier alpha value is -1.73. The third kappa shape index (κ3) is 1.91. The predicted octanol–water partition coefficient (Wildman–Crippen LogP) is -0.344. The van der Waals surface area contributed by atoms with Crippen LogP contribution in [0.5, 0.6) is 0 Å². The lowest BCUT2D eigenvalue weighted by molar-refractivity contribution is 0.181. The second-order valence-electron chi connectivity index (χ2n) is 4.30. The molecule has 6 nitrogen and oxygen atoms in total. The molecule has 0 saturated heterocycles. The zero-order valence-corrected chi connectivity index (χ0v) is 9.80. The van der Waals surface area contributed by atoms with Crippen molar-refractivity contribution >= 4 is 5.82 Å². The van der Waals surface area contributed by atoms with E-state index in [2.05, 4.69) is 4.98 Å². The molecule has 0 spiro atoms. The minimum Gasteiger partial charge on any atom is -0.392 e. The van der Waals surface area contributed by atoms with Gasteiger partial charge in [0.05, 0.1) is 18.8 Å². The number of aliphatic hydroxyl groups excluding tert-OH is 2. The van der Waals surface area contributed by atoms with Crippen molar-refractivity contribution in [2.45, 2.75) is 25.5 Å². The minimum absolute atomic E-state index is 0.00662. The Morgan fingerprint density at radius 3 is 2.89 bits per heavy atom. The van der Waals surface area contributed by atoms with Crippen molar-refractivity contribution in [2.75, 3.05) is 12.3 Å². The number of hydrogen-bond acceptors (Lipinski definition) is 5. The Bertz CT molecular complexity index is 567. The van der Waals surface area contributed by atoms with Crippen molar-refractivity contribution < 1.29 is 14.6 Å². The third-order valence-corrected chi connectivity index (χ3v) is 3.13. The number of aliphatic hydroxyl groups is 2. The number of aryl methyl sites for hydroxylation is 1. The summed E-state index contributed by atoms with van der Waals surface area (Å²) in [5.41, 5.74) is 5.28. The quantitative estimate of drug-likeness (QED) is 0.671. The molecule has 0 bridgehead atoms. The molecule has 1 heterocycles. The van der Waals surface area contributed by atoms with Crippen LogP contribution in [0.2, 0.25) is 0 Å². The topological polar surface area (TPSA) is 101 Å². The molecule has 4 N–H and O–H groups in total. The Morgan fingerprint density at radius 2 is 2.33 bits per heavy atom. The Morgan fingerprint density at radius 1 is 1.67 bits per heavy atom. The molecule has 0 amide bonds. The van der Waals surface area contributed by atoms with Gasteiger partial charge in [-0.2, -0.15) is 4.98 Å². The molecule has 1 aromatic rings. The van der Waals surface area contributed by atoms with E-state index in [1.807, 2.05) is 0 Å². The first-order valence-electron chi connectivity index (χ1n) is 5.48. The molecule has 7 heteroatoms. The monoisotopic (exact) mass is 255 g/mol. The molecular formula is C11H14FN3O3. The summed E-state index contributed by atoms with van der Waals surface area (Å²) >= 11 is 0. The van der Waals surface area contributed by atoms with Crippen LogP contribution in [0.3, 0.4) is 0 Å². The first-order chi connectivity index (χ1) is 8.45. The van der Waals surface area contributed by atoms with Crippen molar-refractivity contribution in [3.05, 3.63) is 33.6 Å². The number of anilines is 1. The van der Waals surface area contributed by atoms with E-state index in [0.717, 1.165) is 4.57 Å². The Kier molecular flexibility index (Phi) is 3.18. The van der Waals surface area contributed by atoms with Gasteiger partial charge in [0, 0.05) is 23.8 Å². The smallest absolute Gasteiger partial charge is 0.350 e. The van der Waals surface area contributed by atoms with E-state index in [-0.39, 0.29) is 17.8 Å². The fraction of sp³-hybridized carbons (Fsp3) is 0.455. The molecular weight excluding hydrogens is 241 g/mol. The van der Waals surface area contributed by atoms with Crippen LogP contribution < -0.4 is 11.4 Å². The normalized spacial score (nSPS) is 23.8. The molecule has 1 aliphatic carbocycles. The zero-order chi connectivity index (χ0) is 13.4. The van der Waals surface area contributed by atoms with Gasteiger partial charge in [-0.1, -0.05) is 0 Å². The van der Waals surface area contributed by atoms with Crippen molar-refractivity contribution in [1.29, 1.82) is 0 Å². The average molecular weight is 255 g/mol. The molecule has 0 aliphatic heterocycles. The highest BCUT2D eigenvalue weighted by molar-refractivity contribution is 5.36. The van der Waals surface area contributed by atoms with Crippen molar-refractivity contribution in [3.8, 4) is 0 Å². The van der Waals surface area contributed by atoms with E-state index >= 15 is 0 Å². The molecule has 0 aromatic carbocycles. The van der Waals surface area contributed by atoms with Gasteiger partial charge < -0.3 is 15.9 Å². The van der Waals surface area contributed by atoms with E-state index < -0.39 is 30.3 Å². The van der Waals surface area contributed by atoms with E-state index in [9.17, 15) is 14.3 Å². The highest BCUT2D eigenvalue weighted by Crippen LogP contribution is 2.36. The van der Waals surface area contributed by atoms with E-state index in [1.165, 1.54) is 6.20 Å². The number of nitrogens with two attached hydrogens (primary N) is 1. The SMILES string of the molecule is Cc1cn(C2CC(O)C(CO)=C2F)c(=O)nc1N. The first-order valence-corrected chi connectivity index (χ1v) is 5.48. The molecule has 0 saturated carbocycles. The summed E-state index contributed by atoms with van der Waals surface area (Å²) in [6.07, 6.45) is 0.332. The lowest BCUT2D eigenvalue weighted by Gasteiger charge is -2.14. The van der Waals surface area contributed by atoms with Crippen LogP contribution in [-0.2, 0) is 0 Å². The average Bonchev–Trinajstić information content (AvgIpc) is 2.59. The summed E-state index contributed by atoms with van der Waals surface area (Å²) in [5.74, 6) is -0.584. The van der Waals surface area contributed by atoms with Gasteiger partial charge >= 0.3 is 5.69 Å². The molecule has 1 aromatic heterocycles. The maximum Gasteiger partial charge on any atom is 0.350 e. The second kappa shape index (κ2) is 4.51. The number of aromatic nitrogens is 2. The van der Waals surface area contributed by atoms with Gasteiger partial charge in [-0.25, -0.2) is 9.18 Å². The second-order valence-corrected chi connectivity index (χ2v) is 4.30. The third-order valence-electron chi connectivity index (χ3n) is 3.13. The van der Waals surface area contributed by atoms with Crippen LogP contribution in [0.4, 0.5) is 10.2 Å². The number of hydrogen-bond donors (Lipinski definition) is 3. The zero-order valence-electron chi connectivity index (χ0n) is 9.80. The summed E-state index contributed by atoms with van der Waals surface area (Å²) in [6.45, 7) is 1.08. The molecule has 98 valence electrons. The number of rotatable bonds is 2. The summed E-state index contributed by atoms with van der Waals surface area (Å²) in [7, 11) is 0. The van der Waals surface area contributed by atoms with Crippen LogP contribution in [0, 0.1) is 6.92 Å². The van der Waals surface area contributed by atoms with Crippen LogP contribution >= 0.6 is 0 Å². The lowest BCUT2D eigenvalue weighted by atomic mass is 10.2. The summed E-state index contributed by atoms with van der Waals surface area (Å²) in [6, 6.07) is -0.929. The molecule has 2 atom stereocenters. The highest BCUT2D eigenvalue weighted by atomic mass is 19.1. The van der Waals surface area contributed by atoms with Crippen LogP contribution in [-0.4, -0.2) is 32.5 Å². The number of nitrogen functional groups attached to an aromatic ring is 1. The molecule has 0 fully saturated rings. The first kappa shape index (κ1) is 12.7. The fourth-order valence-corrected chi connectivity index (χ4v) is 2.05. The van der Waals surface area contributed by atoms with E-state index in [4.69, 9.17) is 10.8 Å². The van der Waals surface area contributed by atoms with Gasteiger partial charge in [-0.3, -0.25) is 4.57 Å². The lowest BCUT2D eigenvalue weighted by Crippen LogP contribution is -2.28. The van der Waals surface area contributed by atoms with Crippen molar-refractivity contribution in [1.82, 2.24) is 9.55 Å². The summed E-state index contributed by atoms with van der Waals surface area (Å²) in [5, 5.41) is 18.5. The van der Waals surface area contributed by atoms with Crippen molar-refractivity contribution in [3.63, 3.8) is 0 Å². The summed E-state index contributed by atoms with van der Waals surface area (Å²) < 4.78 is 15.0. The van der Waals surface area contributed by atoms with Gasteiger partial charge in [-0.15, -0.1) is 0 Å². The number of halogens is 1. The van der Waals surface area contributed by atoms with Crippen molar-refractivity contribution in [2.24, 2.45) is 0 Å². The molecule has 0 radical (unpaired) electrons. The molecule has 18 heavy (non-hydrogen) atoms. The van der Waals surface area contributed by atoms with Gasteiger partial charge in [0.15, 0.2) is 0 Å².